The summed E-state index contributed by atoms with van der Waals surface area (Å²) in [7, 11) is 3.27. The number of rotatable bonds is 3. The Hall–Kier alpha value is -0.610. The number of methoxy groups -OCH3 is 2. The molecule has 1 heterocycles. The summed E-state index contributed by atoms with van der Waals surface area (Å²) >= 11 is 0. The van der Waals surface area contributed by atoms with Crippen LogP contribution in [-0.4, -0.2) is 49.8 Å². The number of hydrogen-bond acceptors (Lipinski definition) is 4. The van der Waals surface area contributed by atoms with Crippen LogP contribution < -0.4 is 0 Å². The second kappa shape index (κ2) is 5.36. The highest BCUT2D eigenvalue weighted by atomic mass is 16.5. The summed E-state index contributed by atoms with van der Waals surface area (Å²) in [5.41, 5.74) is -0.326. The maximum Gasteiger partial charge on any atom is 0.326 e. The predicted molar refractivity (Wildman–Crippen MR) is 64.8 cm³/mol. The van der Waals surface area contributed by atoms with E-state index in [4.69, 9.17) is 9.47 Å². The third-order valence-electron chi connectivity index (χ3n) is 4.38. The van der Waals surface area contributed by atoms with Crippen LogP contribution in [0.5, 0.6) is 0 Å². The first-order valence-electron chi connectivity index (χ1n) is 6.59. The summed E-state index contributed by atoms with van der Waals surface area (Å²) in [5.74, 6) is -0.0362. The Balaban J connectivity index is 2.05. The van der Waals surface area contributed by atoms with Crippen molar-refractivity contribution in [1.82, 2.24) is 4.90 Å². The van der Waals surface area contributed by atoms with Gasteiger partial charge in [0.05, 0.1) is 13.2 Å². The van der Waals surface area contributed by atoms with Crippen LogP contribution in [0.4, 0.5) is 0 Å². The zero-order valence-electron chi connectivity index (χ0n) is 10.9. The van der Waals surface area contributed by atoms with Crippen molar-refractivity contribution in [1.29, 1.82) is 0 Å². The van der Waals surface area contributed by atoms with E-state index in [1.165, 1.54) is 7.11 Å². The molecule has 17 heavy (non-hydrogen) atoms. The van der Waals surface area contributed by atoms with Crippen LogP contribution in [0.1, 0.15) is 38.5 Å². The van der Waals surface area contributed by atoms with Crippen LogP contribution in [-0.2, 0) is 14.3 Å². The molecule has 0 aromatic carbocycles. The van der Waals surface area contributed by atoms with E-state index in [2.05, 4.69) is 4.90 Å². The average Bonchev–Trinajstić information content (AvgIpc) is 2.88. The maximum absolute atomic E-state index is 12.1. The third kappa shape index (κ3) is 2.33. The van der Waals surface area contributed by atoms with Crippen molar-refractivity contribution in [2.45, 2.75) is 50.2 Å². The fraction of sp³-hybridized carbons (Fsp3) is 0.923. The summed E-state index contributed by atoms with van der Waals surface area (Å²) in [6.07, 6.45) is 6.60. The van der Waals surface area contributed by atoms with Crippen molar-refractivity contribution in [3.05, 3.63) is 0 Å². The summed E-state index contributed by atoms with van der Waals surface area (Å²) in [6.45, 7) is 1.90. The Kier molecular flexibility index (Phi) is 4.05. The molecule has 1 aliphatic carbocycles. The van der Waals surface area contributed by atoms with Gasteiger partial charge in [-0.3, -0.25) is 9.69 Å². The molecule has 1 saturated carbocycles. The molecule has 1 saturated heterocycles. The van der Waals surface area contributed by atoms with Crippen LogP contribution in [0.15, 0.2) is 0 Å². The second-order valence-corrected chi connectivity index (χ2v) is 5.15. The lowest BCUT2D eigenvalue weighted by molar-refractivity contribution is -0.157. The molecule has 0 atom stereocenters. The van der Waals surface area contributed by atoms with Gasteiger partial charge in [0.25, 0.3) is 0 Å². The van der Waals surface area contributed by atoms with Gasteiger partial charge in [0.15, 0.2) is 0 Å². The van der Waals surface area contributed by atoms with Gasteiger partial charge in [0.1, 0.15) is 5.54 Å². The molecular formula is C13H23NO3. The van der Waals surface area contributed by atoms with E-state index in [9.17, 15) is 4.79 Å². The van der Waals surface area contributed by atoms with Crippen molar-refractivity contribution in [2.24, 2.45) is 0 Å². The quantitative estimate of drug-likeness (QED) is 0.703. The first-order chi connectivity index (χ1) is 8.23. The molecule has 4 heteroatoms. The maximum atomic E-state index is 12.1. The molecule has 1 aliphatic heterocycles. The second-order valence-electron chi connectivity index (χ2n) is 5.15. The van der Waals surface area contributed by atoms with E-state index < -0.39 is 0 Å². The molecular weight excluding hydrogens is 218 g/mol. The van der Waals surface area contributed by atoms with Gasteiger partial charge in [-0.15, -0.1) is 0 Å². The lowest BCUT2D eigenvalue weighted by atomic mass is 9.92. The molecule has 2 rings (SSSR count). The highest BCUT2D eigenvalue weighted by Gasteiger charge is 2.47. The van der Waals surface area contributed by atoms with Gasteiger partial charge < -0.3 is 9.47 Å². The number of likely N-dealkylation sites (tertiary alicyclic amines) is 1. The lowest BCUT2D eigenvalue weighted by Crippen LogP contribution is -2.56. The Morgan fingerprint density at radius 3 is 2.24 bits per heavy atom. The van der Waals surface area contributed by atoms with Crippen LogP contribution in [0.2, 0.25) is 0 Å². The monoisotopic (exact) mass is 241 g/mol. The van der Waals surface area contributed by atoms with Gasteiger partial charge in [-0.25, -0.2) is 0 Å². The molecule has 0 N–H and O–H groups in total. The summed E-state index contributed by atoms with van der Waals surface area (Å²) < 4.78 is 10.4. The standard InChI is InChI=1S/C13H23NO3/c1-16-11-5-9-14(10-6-11)13(12(15)17-2)7-3-4-8-13/h11H,3-10H2,1-2H3. The smallest absolute Gasteiger partial charge is 0.326 e. The Morgan fingerprint density at radius 2 is 1.76 bits per heavy atom. The minimum atomic E-state index is -0.326. The summed E-state index contributed by atoms with van der Waals surface area (Å²) in [5, 5.41) is 0. The van der Waals surface area contributed by atoms with Crippen molar-refractivity contribution in [2.75, 3.05) is 27.3 Å². The minimum absolute atomic E-state index is 0.0362. The fourth-order valence-corrected chi connectivity index (χ4v) is 3.32. The molecule has 2 fully saturated rings. The molecule has 98 valence electrons. The Morgan fingerprint density at radius 1 is 1.18 bits per heavy atom. The van der Waals surface area contributed by atoms with E-state index in [1.54, 1.807) is 7.11 Å². The molecule has 0 bridgehead atoms. The van der Waals surface area contributed by atoms with Crippen molar-refractivity contribution < 1.29 is 14.3 Å². The number of carbonyl (C=O) groups is 1. The Labute approximate surface area is 103 Å². The molecule has 4 nitrogen and oxygen atoms in total. The van der Waals surface area contributed by atoms with E-state index in [1.807, 2.05) is 0 Å². The molecule has 2 aliphatic rings. The van der Waals surface area contributed by atoms with Crippen molar-refractivity contribution in [3.8, 4) is 0 Å². The molecule has 0 aromatic heterocycles. The SMILES string of the molecule is COC(=O)C1(N2CCC(OC)CC2)CCCC1. The molecule has 0 amide bonds. The zero-order valence-corrected chi connectivity index (χ0v) is 10.9. The fourth-order valence-electron chi connectivity index (χ4n) is 3.32. The van der Waals surface area contributed by atoms with Gasteiger partial charge in [0, 0.05) is 20.2 Å². The first kappa shape index (κ1) is 12.8. The molecule has 0 aromatic rings. The molecule has 0 spiro atoms. The third-order valence-corrected chi connectivity index (χ3v) is 4.38. The van der Waals surface area contributed by atoms with Gasteiger partial charge in [-0.1, -0.05) is 12.8 Å². The van der Waals surface area contributed by atoms with Gasteiger partial charge in [-0.05, 0) is 25.7 Å². The number of esters is 1. The lowest BCUT2D eigenvalue weighted by Gasteiger charge is -2.42. The molecule has 0 unspecified atom stereocenters. The minimum Gasteiger partial charge on any atom is -0.468 e. The molecule has 0 radical (unpaired) electrons. The van der Waals surface area contributed by atoms with E-state index >= 15 is 0 Å². The number of hydrogen-bond donors (Lipinski definition) is 0. The van der Waals surface area contributed by atoms with Gasteiger partial charge >= 0.3 is 5.97 Å². The summed E-state index contributed by atoms with van der Waals surface area (Å²) in [6, 6.07) is 0. The number of carbonyl (C=O) groups excluding carboxylic acids is 1. The van der Waals surface area contributed by atoms with Gasteiger partial charge in [-0.2, -0.15) is 0 Å². The topological polar surface area (TPSA) is 38.8 Å². The Bertz CT molecular complexity index is 266. The van der Waals surface area contributed by atoms with E-state index in [0.29, 0.717) is 6.10 Å². The normalized spacial score (nSPS) is 26.0. The summed E-state index contributed by atoms with van der Waals surface area (Å²) in [4.78, 5) is 14.4. The number of nitrogens with zero attached hydrogens (tertiary/aromatic N) is 1. The van der Waals surface area contributed by atoms with Crippen molar-refractivity contribution >= 4 is 5.97 Å². The van der Waals surface area contributed by atoms with Crippen LogP contribution >= 0.6 is 0 Å². The average molecular weight is 241 g/mol. The highest BCUT2D eigenvalue weighted by Crippen LogP contribution is 2.38. The van der Waals surface area contributed by atoms with Gasteiger partial charge in [0.2, 0.25) is 0 Å². The van der Waals surface area contributed by atoms with E-state index in [-0.39, 0.29) is 11.5 Å². The van der Waals surface area contributed by atoms with Crippen LogP contribution in [0, 0.1) is 0 Å². The number of piperidine rings is 1. The largest absolute Gasteiger partial charge is 0.468 e. The van der Waals surface area contributed by atoms with Crippen LogP contribution in [0.25, 0.3) is 0 Å². The van der Waals surface area contributed by atoms with Crippen molar-refractivity contribution in [3.63, 3.8) is 0 Å². The highest BCUT2D eigenvalue weighted by molar-refractivity contribution is 5.81. The zero-order chi connectivity index (χ0) is 12.3. The number of ether oxygens (including phenoxy) is 2. The predicted octanol–water partition coefficient (Wildman–Crippen LogP) is 1.58. The van der Waals surface area contributed by atoms with E-state index in [0.717, 1.165) is 51.6 Å². The first-order valence-corrected chi connectivity index (χ1v) is 6.59. The van der Waals surface area contributed by atoms with Crippen LogP contribution in [0.3, 0.4) is 0 Å².